The van der Waals surface area contributed by atoms with Gasteiger partial charge in [0.2, 0.25) is 0 Å². The summed E-state index contributed by atoms with van der Waals surface area (Å²) in [4.78, 5) is 5.56. The minimum absolute atomic E-state index is 1.05. The van der Waals surface area contributed by atoms with E-state index in [0.717, 1.165) is 13.1 Å². The SMILES string of the molecule is CCc1ccc(CNCCCN2CCCC2)s1. The Balaban J connectivity index is 1.53. The second-order valence-corrected chi connectivity index (χ2v) is 6.05. The van der Waals surface area contributed by atoms with Crippen LogP contribution in [0.15, 0.2) is 12.1 Å². The monoisotopic (exact) mass is 252 g/mol. The topological polar surface area (TPSA) is 15.3 Å². The van der Waals surface area contributed by atoms with Gasteiger partial charge in [0.25, 0.3) is 0 Å². The van der Waals surface area contributed by atoms with Crippen LogP contribution in [-0.4, -0.2) is 31.1 Å². The van der Waals surface area contributed by atoms with Crippen molar-refractivity contribution in [1.82, 2.24) is 10.2 Å². The third-order valence-electron chi connectivity index (χ3n) is 3.39. The van der Waals surface area contributed by atoms with Crippen molar-refractivity contribution in [1.29, 1.82) is 0 Å². The van der Waals surface area contributed by atoms with Crippen LogP contribution in [-0.2, 0) is 13.0 Å². The maximum Gasteiger partial charge on any atom is 0.0299 e. The molecule has 3 heteroatoms. The Kier molecular flexibility index (Phi) is 5.49. The lowest BCUT2D eigenvalue weighted by Crippen LogP contribution is -2.24. The summed E-state index contributed by atoms with van der Waals surface area (Å²) in [7, 11) is 0. The molecule has 0 bridgehead atoms. The first-order valence-electron chi connectivity index (χ1n) is 6.89. The quantitative estimate of drug-likeness (QED) is 0.751. The Labute approximate surface area is 109 Å². The van der Waals surface area contributed by atoms with Crippen molar-refractivity contribution < 1.29 is 0 Å². The molecule has 2 rings (SSSR count). The zero-order chi connectivity index (χ0) is 11.9. The molecule has 1 saturated heterocycles. The minimum atomic E-state index is 1.05. The number of nitrogens with one attached hydrogen (secondary N) is 1. The number of rotatable bonds is 7. The average Bonchev–Trinajstić information content (AvgIpc) is 2.99. The highest BCUT2D eigenvalue weighted by Crippen LogP contribution is 2.16. The fourth-order valence-corrected chi connectivity index (χ4v) is 3.28. The molecule has 0 radical (unpaired) electrons. The van der Waals surface area contributed by atoms with E-state index in [9.17, 15) is 0 Å². The van der Waals surface area contributed by atoms with E-state index in [1.165, 1.54) is 55.1 Å². The molecule has 17 heavy (non-hydrogen) atoms. The van der Waals surface area contributed by atoms with Gasteiger partial charge in [-0.1, -0.05) is 6.92 Å². The Morgan fingerprint density at radius 1 is 1.24 bits per heavy atom. The van der Waals surface area contributed by atoms with E-state index < -0.39 is 0 Å². The first-order valence-corrected chi connectivity index (χ1v) is 7.71. The summed E-state index contributed by atoms with van der Waals surface area (Å²) >= 11 is 1.94. The van der Waals surface area contributed by atoms with Gasteiger partial charge in [0, 0.05) is 16.3 Å². The fourth-order valence-electron chi connectivity index (χ4n) is 2.35. The number of likely N-dealkylation sites (tertiary alicyclic amines) is 1. The van der Waals surface area contributed by atoms with E-state index in [0.29, 0.717) is 0 Å². The molecule has 0 saturated carbocycles. The first kappa shape index (κ1) is 13.1. The van der Waals surface area contributed by atoms with Crippen LogP contribution in [0.3, 0.4) is 0 Å². The van der Waals surface area contributed by atoms with Crippen molar-refractivity contribution in [3.63, 3.8) is 0 Å². The number of nitrogens with zero attached hydrogens (tertiary/aromatic N) is 1. The van der Waals surface area contributed by atoms with E-state index in [1.54, 1.807) is 0 Å². The third-order valence-corrected chi connectivity index (χ3v) is 4.62. The van der Waals surface area contributed by atoms with Crippen molar-refractivity contribution in [2.75, 3.05) is 26.2 Å². The van der Waals surface area contributed by atoms with Crippen molar-refractivity contribution >= 4 is 11.3 Å². The van der Waals surface area contributed by atoms with Crippen LogP contribution in [0.5, 0.6) is 0 Å². The fraction of sp³-hybridized carbons (Fsp3) is 0.714. The summed E-state index contributed by atoms with van der Waals surface area (Å²) in [6, 6.07) is 4.52. The van der Waals surface area contributed by atoms with Crippen LogP contribution in [0, 0.1) is 0 Å². The molecule has 1 aliphatic heterocycles. The van der Waals surface area contributed by atoms with Crippen LogP contribution in [0.1, 0.15) is 35.9 Å². The van der Waals surface area contributed by atoms with E-state index in [1.807, 2.05) is 11.3 Å². The Bertz CT molecular complexity index is 316. The molecule has 2 heterocycles. The minimum Gasteiger partial charge on any atom is -0.312 e. The van der Waals surface area contributed by atoms with Gasteiger partial charge < -0.3 is 10.2 Å². The Morgan fingerprint density at radius 2 is 2.00 bits per heavy atom. The number of thiophene rings is 1. The molecule has 0 unspecified atom stereocenters. The van der Waals surface area contributed by atoms with Crippen LogP contribution in [0.25, 0.3) is 0 Å². The molecule has 0 aliphatic carbocycles. The average molecular weight is 252 g/mol. The highest BCUT2D eigenvalue weighted by molar-refractivity contribution is 7.11. The molecule has 1 fully saturated rings. The molecule has 2 nitrogen and oxygen atoms in total. The second-order valence-electron chi connectivity index (χ2n) is 4.80. The summed E-state index contributed by atoms with van der Waals surface area (Å²) in [5, 5.41) is 3.55. The van der Waals surface area contributed by atoms with Crippen LogP contribution < -0.4 is 5.32 Å². The molecular formula is C14H24N2S. The maximum absolute atomic E-state index is 3.55. The largest absolute Gasteiger partial charge is 0.312 e. The van der Waals surface area contributed by atoms with Crippen LogP contribution in [0.4, 0.5) is 0 Å². The summed E-state index contributed by atoms with van der Waals surface area (Å²) in [5.74, 6) is 0. The summed E-state index contributed by atoms with van der Waals surface area (Å²) in [6.07, 6.45) is 5.26. The van der Waals surface area contributed by atoms with Gasteiger partial charge in [0.05, 0.1) is 0 Å². The van der Waals surface area contributed by atoms with Crippen molar-refractivity contribution in [3.8, 4) is 0 Å². The van der Waals surface area contributed by atoms with Gasteiger partial charge in [0.15, 0.2) is 0 Å². The number of hydrogen-bond acceptors (Lipinski definition) is 3. The number of hydrogen-bond donors (Lipinski definition) is 1. The normalized spacial score (nSPS) is 16.8. The summed E-state index contributed by atoms with van der Waals surface area (Å²) < 4.78 is 0. The molecule has 0 atom stereocenters. The molecule has 1 N–H and O–H groups in total. The zero-order valence-electron chi connectivity index (χ0n) is 10.9. The Hall–Kier alpha value is -0.380. The van der Waals surface area contributed by atoms with Crippen LogP contribution in [0.2, 0.25) is 0 Å². The molecule has 96 valence electrons. The van der Waals surface area contributed by atoms with E-state index >= 15 is 0 Å². The Morgan fingerprint density at radius 3 is 2.71 bits per heavy atom. The lowest BCUT2D eigenvalue weighted by Gasteiger charge is -2.14. The molecule has 1 aromatic rings. The molecule has 1 aliphatic rings. The van der Waals surface area contributed by atoms with Crippen LogP contribution >= 0.6 is 11.3 Å². The predicted molar refractivity (Wildman–Crippen MR) is 75.7 cm³/mol. The molecule has 0 aromatic carbocycles. The van der Waals surface area contributed by atoms with E-state index in [-0.39, 0.29) is 0 Å². The maximum atomic E-state index is 3.55. The van der Waals surface area contributed by atoms with Gasteiger partial charge in [-0.25, -0.2) is 0 Å². The van der Waals surface area contributed by atoms with Gasteiger partial charge in [-0.2, -0.15) is 0 Å². The second kappa shape index (κ2) is 7.14. The van der Waals surface area contributed by atoms with Crippen molar-refractivity contribution in [2.45, 2.75) is 39.2 Å². The van der Waals surface area contributed by atoms with E-state index in [4.69, 9.17) is 0 Å². The van der Waals surface area contributed by atoms with Gasteiger partial charge >= 0.3 is 0 Å². The molecule has 0 spiro atoms. The summed E-state index contributed by atoms with van der Waals surface area (Å²) in [5.41, 5.74) is 0. The van der Waals surface area contributed by atoms with Gasteiger partial charge in [-0.3, -0.25) is 0 Å². The van der Waals surface area contributed by atoms with Gasteiger partial charge in [-0.05, 0) is 64.0 Å². The predicted octanol–water partition coefficient (Wildman–Crippen LogP) is 2.89. The zero-order valence-corrected chi connectivity index (χ0v) is 11.7. The molecule has 1 aromatic heterocycles. The lowest BCUT2D eigenvalue weighted by atomic mass is 10.3. The van der Waals surface area contributed by atoms with Gasteiger partial charge in [0.1, 0.15) is 0 Å². The molecule has 0 amide bonds. The molecular weight excluding hydrogens is 228 g/mol. The van der Waals surface area contributed by atoms with Crippen molar-refractivity contribution in [2.24, 2.45) is 0 Å². The first-order chi connectivity index (χ1) is 8.38. The smallest absolute Gasteiger partial charge is 0.0299 e. The number of aryl methyl sites for hydroxylation is 1. The third kappa shape index (κ3) is 4.41. The summed E-state index contributed by atoms with van der Waals surface area (Å²) in [6.45, 7) is 8.34. The lowest BCUT2D eigenvalue weighted by molar-refractivity contribution is 0.331. The van der Waals surface area contributed by atoms with Gasteiger partial charge in [-0.15, -0.1) is 11.3 Å². The highest BCUT2D eigenvalue weighted by Gasteiger charge is 2.09. The van der Waals surface area contributed by atoms with Crippen molar-refractivity contribution in [3.05, 3.63) is 21.9 Å². The standard InChI is InChI=1S/C14H24N2S/c1-2-13-6-7-14(17-13)12-15-8-5-11-16-9-3-4-10-16/h6-7,15H,2-5,8-12H2,1H3. The van der Waals surface area contributed by atoms with E-state index in [2.05, 4.69) is 29.3 Å². The highest BCUT2D eigenvalue weighted by atomic mass is 32.1.